The molecule has 2 N–H and O–H groups in total. The van der Waals surface area contributed by atoms with Crippen LogP contribution in [-0.2, 0) is 13.0 Å². The highest BCUT2D eigenvalue weighted by atomic mass is 19.1. The number of benzene rings is 1. The zero-order valence-corrected chi connectivity index (χ0v) is 8.67. The average molecular weight is 221 g/mol. The van der Waals surface area contributed by atoms with E-state index in [1.807, 2.05) is 6.07 Å². The summed E-state index contributed by atoms with van der Waals surface area (Å²) < 4.78 is 14.6. The Bertz CT molecular complexity index is 468. The first-order chi connectivity index (χ1) is 7.79. The van der Waals surface area contributed by atoms with E-state index in [0.717, 1.165) is 5.56 Å². The van der Waals surface area contributed by atoms with Gasteiger partial charge in [0.15, 0.2) is 5.82 Å². The molecular formula is C10H12FN5. The Labute approximate surface area is 92.1 Å². The van der Waals surface area contributed by atoms with Gasteiger partial charge in [0.25, 0.3) is 0 Å². The van der Waals surface area contributed by atoms with Gasteiger partial charge in [-0.1, -0.05) is 12.1 Å². The number of halogens is 1. The van der Waals surface area contributed by atoms with E-state index in [2.05, 4.69) is 15.5 Å². The molecule has 84 valence electrons. The van der Waals surface area contributed by atoms with Crippen molar-refractivity contribution in [3.8, 4) is 0 Å². The summed E-state index contributed by atoms with van der Waals surface area (Å²) in [4.78, 5) is 0. The van der Waals surface area contributed by atoms with E-state index < -0.39 is 0 Å². The average Bonchev–Trinajstić information content (AvgIpc) is 2.66. The molecule has 0 bridgehead atoms. The van der Waals surface area contributed by atoms with Crippen LogP contribution >= 0.6 is 0 Å². The van der Waals surface area contributed by atoms with Crippen molar-refractivity contribution in [3.05, 3.63) is 41.5 Å². The summed E-state index contributed by atoms with van der Waals surface area (Å²) in [5, 5.41) is 11.3. The van der Waals surface area contributed by atoms with E-state index in [1.165, 1.54) is 12.1 Å². The Hall–Kier alpha value is -1.82. The number of hydrogen-bond acceptors (Lipinski definition) is 4. The summed E-state index contributed by atoms with van der Waals surface area (Å²) in [6.07, 6.45) is 0.505. The summed E-state index contributed by atoms with van der Waals surface area (Å²) >= 11 is 0. The van der Waals surface area contributed by atoms with Crippen LogP contribution in [0.25, 0.3) is 0 Å². The zero-order chi connectivity index (χ0) is 11.4. The first kappa shape index (κ1) is 10.7. The highest BCUT2D eigenvalue weighted by molar-refractivity contribution is 5.19. The van der Waals surface area contributed by atoms with Crippen molar-refractivity contribution in [2.24, 2.45) is 5.73 Å². The summed E-state index contributed by atoms with van der Waals surface area (Å²) in [7, 11) is 0. The third-order valence-electron chi connectivity index (χ3n) is 2.20. The minimum Gasteiger partial charge on any atom is -0.329 e. The van der Waals surface area contributed by atoms with E-state index in [9.17, 15) is 4.39 Å². The molecule has 5 nitrogen and oxygen atoms in total. The number of nitrogens with zero attached hydrogens (tertiary/aromatic N) is 4. The van der Waals surface area contributed by atoms with Crippen molar-refractivity contribution in [1.82, 2.24) is 20.2 Å². The van der Waals surface area contributed by atoms with Crippen LogP contribution in [0, 0.1) is 5.82 Å². The van der Waals surface area contributed by atoms with E-state index >= 15 is 0 Å². The van der Waals surface area contributed by atoms with E-state index in [1.54, 1.807) is 10.7 Å². The summed E-state index contributed by atoms with van der Waals surface area (Å²) in [6, 6.07) is 6.39. The smallest absolute Gasteiger partial charge is 0.155 e. The fourth-order valence-corrected chi connectivity index (χ4v) is 1.48. The second-order valence-corrected chi connectivity index (χ2v) is 3.41. The van der Waals surface area contributed by atoms with Crippen LogP contribution < -0.4 is 5.73 Å². The van der Waals surface area contributed by atoms with Crippen LogP contribution in [-0.4, -0.2) is 26.8 Å². The lowest BCUT2D eigenvalue weighted by Crippen LogP contribution is -2.14. The van der Waals surface area contributed by atoms with Crippen LogP contribution in [0.4, 0.5) is 4.39 Å². The zero-order valence-electron chi connectivity index (χ0n) is 8.67. The highest BCUT2D eigenvalue weighted by Gasteiger charge is 2.06. The molecule has 0 unspecified atom stereocenters. The molecule has 2 aromatic rings. The molecule has 1 heterocycles. The van der Waals surface area contributed by atoms with Gasteiger partial charge < -0.3 is 5.73 Å². The second kappa shape index (κ2) is 4.80. The summed E-state index contributed by atoms with van der Waals surface area (Å²) in [6.45, 7) is 1.04. The normalized spacial score (nSPS) is 10.6. The first-order valence-corrected chi connectivity index (χ1v) is 4.99. The van der Waals surface area contributed by atoms with E-state index in [0.29, 0.717) is 25.3 Å². The van der Waals surface area contributed by atoms with Gasteiger partial charge in [-0.05, 0) is 28.1 Å². The third-order valence-corrected chi connectivity index (χ3v) is 2.20. The number of hydrogen-bond donors (Lipinski definition) is 1. The van der Waals surface area contributed by atoms with Gasteiger partial charge in [0.05, 0.1) is 6.54 Å². The Morgan fingerprint density at radius 3 is 3.00 bits per heavy atom. The maximum Gasteiger partial charge on any atom is 0.155 e. The molecule has 0 spiro atoms. The quantitative estimate of drug-likeness (QED) is 0.809. The Morgan fingerprint density at radius 2 is 2.25 bits per heavy atom. The molecule has 1 aromatic heterocycles. The lowest BCUT2D eigenvalue weighted by molar-refractivity contribution is 0.577. The molecule has 2 rings (SSSR count). The maximum absolute atomic E-state index is 13.0. The minimum absolute atomic E-state index is 0.254. The molecule has 0 aliphatic rings. The molecular weight excluding hydrogens is 209 g/mol. The van der Waals surface area contributed by atoms with Crippen LogP contribution in [0.15, 0.2) is 24.3 Å². The molecule has 0 aliphatic heterocycles. The lowest BCUT2D eigenvalue weighted by atomic mass is 10.1. The van der Waals surface area contributed by atoms with Crippen molar-refractivity contribution in [2.75, 3.05) is 6.54 Å². The number of nitrogens with two attached hydrogens (primary N) is 1. The monoisotopic (exact) mass is 221 g/mol. The molecule has 6 heteroatoms. The molecule has 0 radical (unpaired) electrons. The number of tetrazole rings is 1. The van der Waals surface area contributed by atoms with Crippen molar-refractivity contribution in [3.63, 3.8) is 0 Å². The van der Waals surface area contributed by atoms with Gasteiger partial charge >= 0.3 is 0 Å². The second-order valence-electron chi connectivity index (χ2n) is 3.41. The lowest BCUT2D eigenvalue weighted by Gasteiger charge is -2.02. The topological polar surface area (TPSA) is 69.6 Å². The number of rotatable bonds is 4. The summed E-state index contributed by atoms with van der Waals surface area (Å²) in [5.41, 5.74) is 6.27. The molecule has 0 saturated carbocycles. The SMILES string of the molecule is NCCn1nnnc1Cc1cccc(F)c1. The Morgan fingerprint density at radius 1 is 1.38 bits per heavy atom. The molecule has 16 heavy (non-hydrogen) atoms. The van der Waals surface area contributed by atoms with Crippen molar-refractivity contribution in [2.45, 2.75) is 13.0 Å². The van der Waals surface area contributed by atoms with E-state index in [4.69, 9.17) is 5.73 Å². The standard InChI is InChI=1S/C10H12FN5/c11-9-3-1-2-8(6-9)7-10-13-14-15-16(10)5-4-12/h1-3,6H,4-5,7,12H2. The Kier molecular flexibility index (Phi) is 3.21. The molecule has 0 fully saturated rings. The van der Waals surface area contributed by atoms with Crippen LogP contribution in [0.5, 0.6) is 0 Å². The van der Waals surface area contributed by atoms with Gasteiger partial charge in [-0.25, -0.2) is 9.07 Å². The van der Waals surface area contributed by atoms with Gasteiger partial charge in [-0.2, -0.15) is 0 Å². The highest BCUT2D eigenvalue weighted by Crippen LogP contribution is 2.08. The Balaban J connectivity index is 2.17. The van der Waals surface area contributed by atoms with Gasteiger partial charge in [0.2, 0.25) is 0 Å². The summed E-state index contributed by atoms with van der Waals surface area (Å²) in [5.74, 6) is 0.436. The predicted molar refractivity (Wildman–Crippen MR) is 56.1 cm³/mol. The number of aromatic nitrogens is 4. The fourth-order valence-electron chi connectivity index (χ4n) is 1.48. The molecule has 1 aromatic carbocycles. The van der Waals surface area contributed by atoms with Gasteiger partial charge in [-0.3, -0.25) is 0 Å². The molecule has 0 amide bonds. The predicted octanol–water partition coefficient (Wildman–Crippen LogP) is 0.362. The minimum atomic E-state index is -0.254. The van der Waals surface area contributed by atoms with E-state index in [-0.39, 0.29) is 5.82 Å². The van der Waals surface area contributed by atoms with Gasteiger partial charge in [-0.15, -0.1) is 5.10 Å². The van der Waals surface area contributed by atoms with Crippen LogP contribution in [0.1, 0.15) is 11.4 Å². The van der Waals surface area contributed by atoms with Crippen LogP contribution in [0.2, 0.25) is 0 Å². The van der Waals surface area contributed by atoms with Crippen LogP contribution in [0.3, 0.4) is 0 Å². The third kappa shape index (κ3) is 2.40. The fraction of sp³-hybridized carbons (Fsp3) is 0.300. The molecule has 0 saturated heterocycles. The van der Waals surface area contributed by atoms with Crippen molar-refractivity contribution in [1.29, 1.82) is 0 Å². The first-order valence-electron chi connectivity index (χ1n) is 4.99. The van der Waals surface area contributed by atoms with Crippen molar-refractivity contribution >= 4 is 0 Å². The molecule has 0 aliphatic carbocycles. The van der Waals surface area contributed by atoms with Gasteiger partial charge in [0, 0.05) is 13.0 Å². The maximum atomic E-state index is 13.0. The molecule has 0 atom stereocenters. The largest absolute Gasteiger partial charge is 0.329 e. The van der Waals surface area contributed by atoms with Gasteiger partial charge in [0.1, 0.15) is 5.82 Å². The van der Waals surface area contributed by atoms with Crippen molar-refractivity contribution < 1.29 is 4.39 Å².